The summed E-state index contributed by atoms with van der Waals surface area (Å²) >= 11 is 6.04. The summed E-state index contributed by atoms with van der Waals surface area (Å²) in [6, 6.07) is 8.40. The van der Waals surface area contributed by atoms with Crippen molar-refractivity contribution in [2.45, 2.75) is 12.6 Å². The molecule has 1 aliphatic heterocycles. The number of ether oxygens (including phenoxy) is 1. The molecule has 1 aliphatic rings. The number of aromatic nitrogens is 3. The van der Waals surface area contributed by atoms with Gasteiger partial charge in [0.05, 0.1) is 24.4 Å². The molecule has 4 rings (SSSR count). The lowest BCUT2D eigenvalue weighted by atomic mass is 10.1. The fraction of sp³-hybridized carbons (Fsp3) is 0.318. The number of hydrogen-bond acceptors (Lipinski definition) is 8. The molecule has 3 heterocycles. The first-order valence-electron chi connectivity index (χ1n) is 10.4. The number of rotatable bonds is 7. The second-order valence-corrected chi connectivity index (χ2v) is 7.98. The van der Waals surface area contributed by atoms with Gasteiger partial charge in [-0.3, -0.25) is 9.59 Å². The van der Waals surface area contributed by atoms with E-state index in [1.165, 1.54) is 13.4 Å². The molecule has 1 atom stereocenters. The van der Waals surface area contributed by atoms with Gasteiger partial charge < -0.3 is 25.6 Å². The Bertz CT molecular complexity index is 1180. The van der Waals surface area contributed by atoms with Crippen LogP contribution in [0.4, 0.5) is 11.5 Å². The lowest BCUT2D eigenvalue weighted by molar-refractivity contribution is -0.153. The van der Waals surface area contributed by atoms with E-state index in [2.05, 4.69) is 20.3 Å². The molecule has 1 unspecified atom stereocenters. The van der Waals surface area contributed by atoms with Gasteiger partial charge in [0.1, 0.15) is 18.2 Å². The molecular formula is C22H24ClN7O3. The zero-order valence-corrected chi connectivity index (χ0v) is 18.8. The lowest BCUT2D eigenvalue weighted by Crippen LogP contribution is -2.60. The van der Waals surface area contributed by atoms with Gasteiger partial charge in [0.15, 0.2) is 5.15 Å². The molecule has 1 fully saturated rings. The summed E-state index contributed by atoms with van der Waals surface area (Å²) in [6.45, 7) is 1.29. The number of amides is 2. The molecule has 1 saturated heterocycles. The van der Waals surface area contributed by atoms with Crippen LogP contribution in [0.25, 0.3) is 10.9 Å². The van der Waals surface area contributed by atoms with Crippen molar-refractivity contribution in [3.8, 4) is 0 Å². The van der Waals surface area contributed by atoms with E-state index in [1.54, 1.807) is 28.1 Å². The summed E-state index contributed by atoms with van der Waals surface area (Å²) in [5.41, 5.74) is 8.08. The fourth-order valence-electron chi connectivity index (χ4n) is 3.85. The van der Waals surface area contributed by atoms with E-state index in [9.17, 15) is 9.59 Å². The van der Waals surface area contributed by atoms with Crippen LogP contribution >= 0.6 is 11.6 Å². The predicted octanol–water partition coefficient (Wildman–Crippen LogP) is 1.56. The Labute approximate surface area is 195 Å². The van der Waals surface area contributed by atoms with Crippen molar-refractivity contribution in [1.82, 2.24) is 24.8 Å². The third-order valence-electron chi connectivity index (χ3n) is 5.52. The Hall–Kier alpha value is -3.50. The van der Waals surface area contributed by atoms with Crippen LogP contribution in [0.1, 0.15) is 5.56 Å². The largest absolute Gasteiger partial charge is 0.383 e. The number of nitrogens with two attached hydrogens (primary N) is 1. The maximum atomic E-state index is 13.2. The topological polar surface area (TPSA) is 127 Å². The smallest absolute Gasteiger partial charge is 0.248 e. The molecule has 33 heavy (non-hydrogen) atoms. The van der Waals surface area contributed by atoms with Crippen LogP contribution in [0.3, 0.4) is 0 Å². The highest BCUT2D eigenvalue weighted by Gasteiger charge is 2.37. The maximum Gasteiger partial charge on any atom is 0.248 e. The van der Waals surface area contributed by atoms with Crippen molar-refractivity contribution in [1.29, 1.82) is 0 Å². The first-order valence-corrected chi connectivity index (χ1v) is 10.8. The van der Waals surface area contributed by atoms with Crippen LogP contribution in [0.2, 0.25) is 5.15 Å². The predicted molar refractivity (Wildman–Crippen MR) is 124 cm³/mol. The average molecular weight is 470 g/mol. The first kappa shape index (κ1) is 22.7. The highest BCUT2D eigenvalue weighted by atomic mass is 35.5. The summed E-state index contributed by atoms with van der Waals surface area (Å²) in [5, 5.41) is 4.03. The van der Waals surface area contributed by atoms with Crippen molar-refractivity contribution in [3.05, 3.63) is 53.6 Å². The minimum absolute atomic E-state index is 0.00922. The number of fused-ring (bicyclic) bond motifs is 1. The zero-order chi connectivity index (χ0) is 23.4. The van der Waals surface area contributed by atoms with Gasteiger partial charge in [-0.05, 0) is 29.8 Å². The fourth-order valence-corrected chi connectivity index (χ4v) is 4.03. The molecule has 0 aliphatic carbocycles. The molecule has 2 aromatic heterocycles. The van der Waals surface area contributed by atoms with E-state index >= 15 is 0 Å². The van der Waals surface area contributed by atoms with Gasteiger partial charge in [-0.2, -0.15) is 0 Å². The van der Waals surface area contributed by atoms with Gasteiger partial charge in [0.25, 0.3) is 0 Å². The molecule has 0 bridgehead atoms. The lowest BCUT2D eigenvalue weighted by Gasteiger charge is -2.40. The van der Waals surface area contributed by atoms with Crippen molar-refractivity contribution in [2.24, 2.45) is 0 Å². The van der Waals surface area contributed by atoms with Crippen molar-refractivity contribution < 1.29 is 14.3 Å². The van der Waals surface area contributed by atoms with E-state index in [0.717, 1.165) is 16.5 Å². The first-order chi connectivity index (χ1) is 16.0. The van der Waals surface area contributed by atoms with Gasteiger partial charge >= 0.3 is 0 Å². The monoisotopic (exact) mass is 469 g/mol. The minimum Gasteiger partial charge on any atom is -0.383 e. The summed E-state index contributed by atoms with van der Waals surface area (Å²) < 4.78 is 5.26. The molecule has 0 saturated carbocycles. The number of carbonyl (C=O) groups is 2. The van der Waals surface area contributed by atoms with Crippen LogP contribution in [-0.2, 0) is 20.9 Å². The quantitative estimate of drug-likeness (QED) is 0.499. The summed E-state index contributed by atoms with van der Waals surface area (Å²) in [6.07, 6.45) is 2.98. The third-order valence-corrected chi connectivity index (χ3v) is 5.82. The molecule has 1 aromatic carbocycles. The second-order valence-electron chi connectivity index (χ2n) is 7.62. The Morgan fingerprint density at radius 2 is 2.12 bits per heavy atom. The number of benzene rings is 1. The summed E-state index contributed by atoms with van der Waals surface area (Å²) in [4.78, 5) is 41.7. The molecule has 3 N–H and O–H groups in total. The standard InChI is InChI=1S/C22H24ClN7O3/c1-33-12-18-22(32)29(11-14-4-5-15-17(9-14)27-13-28-21(15)24)7-8-30(18)19(31)10-26-16-3-2-6-25-20(16)23/h2-6,9,13,18,26H,7-8,10-12H2,1H3,(H2,24,27,28). The molecule has 11 heteroatoms. The Morgan fingerprint density at radius 1 is 1.27 bits per heavy atom. The zero-order valence-electron chi connectivity index (χ0n) is 18.1. The number of anilines is 2. The third kappa shape index (κ3) is 4.96. The normalized spacial score (nSPS) is 16.3. The number of carbonyl (C=O) groups excluding carboxylic acids is 2. The number of methoxy groups -OCH3 is 1. The van der Waals surface area contributed by atoms with Crippen LogP contribution in [0.5, 0.6) is 0 Å². The SMILES string of the molecule is COCC1C(=O)N(Cc2ccc3c(N)ncnc3c2)CCN1C(=O)CNc1cccnc1Cl. The van der Waals surface area contributed by atoms with Gasteiger partial charge in [-0.15, -0.1) is 0 Å². The van der Waals surface area contributed by atoms with E-state index < -0.39 is 6.04 Å². The van der Waals surface area contributed by atoms with Crippen molar-refractivity contribution >= 4 is 45.8 Å². The van der Waals surface area contributed by atoms with Gasteiger partial charge in [-0.1, -0.05) is 17.7 Å². The molecule has 172 valence electrons. The molecule has 3 aromatic rings. The maximum absolute atomic E-state index is 13.2. The Morgan fingerprint density at radius 3 is 2.91 bits per heavy atom. The van der Waals surface area contributed by atoms with Gasteiger partial charge in [0, 0.05) is 38.3 Å². The van der Waals surface area contributed by atoms with Crippen LogP contribution in [-0.4, -0.2) is 76.0 Å². The highest BCUT2D eigenvalue weighted by Crippen LogP contribution is 2.21. The molecule has 10 nitrogen and oxygen atoms in total. The Kier molecular flexibility index (Phi) is 6.85. The summed E-state index contributed by atoms with van der Waals surface area (Å²) in [7, 11) is 1.51. The second kappa shape index (κ2) is 9.97. The van der Waals surface area contributed by atoms with E-state index in [4.69, 9.17) is 22.1 Å². The molecule has 0 radical (unpaired) electrons. The number of hydrogen-bond donors (Lipinski definition) is 2. The number of nitrogens with one attached hydrogen (secondary N) is 1. The molecule has 0 spiro atoms. The van der Waals surface area contributed by atoms with E-state index in [0.29, 0.717) is 31.1 Å². The van der Waals surface area contributed by atoms with Crippen LogP contribution in [0.15, 0.2) is 42.9 Å². The van der Waals surface area contributed by atoms with Crippen molar-refractivity contribution in [2.75, 3.05) is 44.4 Å². The molecule has 2 amide bonds. The minimum atomic E-state index is -0.708. The number of nitrogen functional groups attached to an aromatic ring is 1. The highest BCUT2D eigenvalue weighted by molar-refractivity contribution is 6.32. The number of piperazine rings is 1. The average Bonchev–Trinajstić information content (AvgIpc) is 2.81. The van der Waals surface area contributed by atoms with E-state index in [-0.39, 0.29) is 30.1 Å². The number of nitrogens with zero attached hydrogens (tertiary/aromatic N) is 5. The van der Waals surface area contributed by atoms with Crippen molar-refractivity contribution in [3.63, 3.8) is 0 Å². The van der Waals surface area contributed by atoms with E-state index in [1.807, 2.05) is 18.2 Å². The van der Waals surface area contributed by atoms with Crippen LogP contribution < -0.4 is 11.1 Å². The van der Waals surface area contributed by atoms with Gasteiger partial charge in [0.2, 0.25) is 11.8 Å². The molecular weight excluding hydrogens is 446 g/mol. The summed E-state index contributed by atoms with van der Waals surface area (Å²) in [5.74, 6) is 0.0251. The number of halogens is 1. The van der Waals surface area contributed by atoms with Gasteiger partial charge in [-0.25, -0.2) is 15.0 Å². The number of pyridine rings is 1. The Balaban J connectivity index is 1.45. The van der Waals surface area contributed by atoms with Crippen LogP contribution in [0, 0.1) is 0 Å².